The number of hydrogen-bond acceptors (Lipinski definition) is 4. The van der Waals surface area contributed by atoms with Crippen molar-refractivity contribution in [1.82, 2.24) is 15.5 Å². The highest BCUT2D eigenvalue weighted by Crippen LogP contribution is 2.14. The van der Waals surface area contributed by atoms with Crippen LogP contribution in [0.15, 0.2) is 0 Å². The summed E-state index contributed by atoms with van der Waals surface area (Å²) >= 11 is 0. The lowest BCUT2D eigenvalue weighted by atomic mass is 10.0. The van der Waals surface area contributed by atoms with Crippen molar-refractivity contribution >= 4 is 6.03 Å². The number of rotatable bonds is 29. The maximum atomic E-state index is 10.9. The number of primary amides is 1. The van der Waals surface area contributed by atoms with Crippen LogP contribution in [0.2, 0.25) is 0 Å². The fourth-order valence-electron chi connectivity index (χ4n) is 4.67. The van der Waals surface area contributed by atoms with E-state index in [0.29, 0.717) is 6.54 Å². The molecule has 0 fully saturated rings. The third-order valence-corrected chi connectivity index (χ3v) is 6.91. The molecule has 0 spiro atoms. The predicted octanol–water partition coefficient (Wildman–Crippen LogP) is 6.33. The molecule has 210 valence electrons. The van der Waals surface area contributed by atoms with E-state index in [1.165, 1.54) is 122 Å². The lowest BCUT2D eigenvalue weighted by Crippen LogP contribution is -2.34. The van der Waals surface area contributed by atoms with Gasteiger partial charge in [-0.1, -0.05) is 103 Å². The Morgan fingerprint density at radius 3 is 1.49 bits per heavy atom. The highest BCUT2D eigenvalue weighted by atomic mass is 16.2. The number of nitrogens with two attached hydrogens (primary N) is 2. The van der Waals surface area contributed by atoms with Gasteiger partial charge in [-0.2, -0.15) is 0 Å². The number of unbranched alkanes of at least 4 members (excludes halogenated alkanes) is 16. The predicted molar refractivity (Wildman–Crippen MR) is 154 cm³/mol. The first-order valence-electron chi connectivity index (χ1n) is 15.4. The summed E-state index contributed by atoms with van der Waals surface area (Å²) in [5.74, 6) is 0. The minimum atomic E-state index is -0.419. The van der Waals surface area contributed by atoms with E-state index in [-0.39, 0.29) is 0 Å². The number of amides is 2. The first-order valence-corrected chi connectivity index (χ1v) is 15.4. The number of nitrogens with zero attached hydrogens (tertiary/aromatic N) is 1. The van der Waals surface area contributed by atoms with Crippen LogP contribution in [0.3, 0.4) is 0 Å². The summed E-state index contributed by atoms with van der Waals surface area (Å²) < 4.78 is 0. The zero-order valence-electron chi connectivity index (χ0n) is 23.6. The van der Waals surface area contributed by atoms with Crippen molar-refractivity contribution in [2.24, 2.45) is 11.5 Å². The van der Waals surface area contributed by atoms with Gasteiger partial charge in [-0.25, -0.2) is 4.79 Å². The van der Waals surface area contributed by atoms with E-state index in [1.807, 2.05) is 0 Å². The molecule has 0 saturated carbocycles. The molecule has 0 aromatic rings. The topological polar surface area (TPSA) is 96.4 Å². The molecular formula is C29H63N5O. The van der Waals surface area contributed by atoms with Gasteiger partial charge >= 0.3 is 6.03 Å². The first-order chi connectivity index (χ1) is 17.2. The third-order valence-electron chi connectivity index (χ3n) is 6.91. The molecule has 0 aliphatic carbocycles. The van der Waals surface area contributed by atoms with Gasteiger partial charge < -0.3 is 27.0 Å². The van der Waals surface area contributed by atoms with E-state index >= 15 is 0 Å². The number of urea groups is 1. The monoisotopic (exact) mass is 498 g/mol. The first kappa shape index (κ1) is 34.1. The zero-order valence-corrected chi connectivity index (χ0v) is 23.6. The van der Waals surface area contributed by atoms with E-state index < -0.39 is 6.03 Å². The van der Waals surface area contributed by atoms with Crippen LogP contribution in [0.25, 0.3) is 0 Å². The molecule has 0 aromatic carbocycles. The lowest BCUT2D eigenvalue weighted by Gasteiger charge is -2.22. The average molecular weight is 498 g/mol. The third kappa shape index (κ3) is 29.3. The minimum Gasteiger partial charge on any atom is -0.352 e. The molecule has 0 atom stereocenters. The van der Waals surface area contributed by atoms with Crippen LogP contribution in [0.1, 0.15) is 135 Å². The molecule has 0 rings (SSSR count). The molecule has 0 bridgehead atoms. The Labute approximate surface area is 219 Å². The van der Waals surface area contributed by atoms with E-state index in [2.05, 4.69) is 22.5 Å². The van der Waals surface area contributed by atoms with Gasteiger partial charge in [-0.15, -0.1) is 0 Å². The lowest BCUT2D eigenvalue weighted by molar-refractivity contribution is 0.243. The normalized spacial score (nSPS) is 11.4. The van der Waals surface area contributed by atoms with Crippen LogP contribution in [-0.2, 0) is 0 Å². The number of carbonyl (C=O) groups is 1. The largest absolute Gasteiger partial charge is 0.352 e. The molecule has 0 radical (unpaired) electrons. The highest BCUT2D eigenvalue weighted by molar-refractivity contribution is 5.71. The van der Waals surface area contributed by atoms with Gasteiger partial charge in [0.2, 0.25) is 0 Å². The van der Waals surface area contributed by atoms with Crippen molar-refractivity contribution in [2.45, 2.75) is 135 Å². The summed E-state index contributed by atoms with van der Waals surface area (Å²) in [4.78, 5) is 13.5. The van der Waals surface area contributed by atoms with Crippen molar-refractivity contribution < 1.29 is 4.79 Å². The molecule has 6 heteroatoms. The second-order valence-corrected chi connectivity index (χ2v) is 10.4. The van der Waals surface area contributed by atoms with Gasteiger partial charge in [0.25, 0.3) is 0 Å². The second-order valence-electron chi connectivity index (χ2n) is 10.4. The van der Waals surface area contributed by atoms with Gasteiger partial charge in [0.1, 0.15) is 0 Å². The fourth-order valence-corrected chi connectivity index (χ4v) is 4.67. The Morgan fingerprint density at radius 2 is 1.00 bits per heavy atom. The number of carbonyl (C=O) groups excluding carboxylic acids is 1. The van der Waals surface area contributed by atoms with Crippen molar-refractivity contribution in [3.8, 4) is 0 Å². The molecule has 0 aliphatic heterocycles. The highest BCUT2D eigenvalue weighted by Gasteiger charge is 2.05. The summed E-state index contributed by atoms with van der Waals surface area (Å²) in [7, 11) is 0. The maximum Gasteiger partial charge on any atom is 0.312 e. The van der Waals surface area contributed by atoms with Gasteiger partial charge in [-0.3, -0.25) is 0 Å². The van der Waals surface area contributed by atoms with Crippen LogP contribution < -0.4 is 22.1 Å². The average Bonchev–Trinajstić information content (AvgIpc) is 2.85. The van der Waals surface area contributed by atoms with Crippen LogP contribution in [0.5, 0.6) is 0 Å². The molecular weight excluding hydrogens is 434 g/mol. The van der Waals surface area contributed by atoms with E-state index in [0.717, 1.165) is 45.6 Å². The van der Waals surface area contributed by atoms with Gasteiger partial charge in [-0.05, 0) is 71.4 Å². The van der Waals surface area contributed by atoms with Crippen LogP contribution in [-0.4, -0.2) is 56.7 Å². The van der Waals surface area contributed by atoms with Crippen molar-refractivity contribution in [2.75, 3.05) is 45.8 Å². The van der Waals surface area contributed by atoms with Crippen molar-refractivity contribution in [1.29, 1.82) is 0 Å². The maximum absolute atomic E-state index is 10.9. The molecule has 35 heavy (non-hydrogen) atoms. The molecule has 6 nitrogen and oxygen atoms in total. The molecule has 2 amide bonds. The quantitative estimate of drug-likeness (QED) is 0.0908. The summed E-state index contributed by atoms with van der Waals surface area (Å²) in [6.45, 7) is 9.20. The second kappa shape index (κ2) is 29.4. The molecule has 0 heterocycles. The zero-order chi connectivity index (χ0) is 25.7. The van der Waals surface area contributed by atoms with Crippen molar-refractivity contribution in [3.63, 3.8) is 0 Å². The summed E-state index contributed by atoms with van der Waals surface area (Å²) in [5.41, 5.74) is 10.7. The van der Waals surface area contributed by atoms with Crippen LogP contribution in [0, 0.1) is 0 Å². The van der Waals surface area contributed by atoms with E-state index in [1.54, 1.807) is 0 Å². The number of nitrogens with one attached hydrogen (secondary N) is 2. The summed E-state index contributed by atoms with van der Waals surface area (Å²) in [6.07, 6.45) is 27.0. The summed E-state index contributed by atoms with van der Waals surface area (Å²) in [6, 6.07) is -0.419. The molecule has 0 saturated heterocycles. The Balaban J connectivity index is 3.64. The Bertz CT molecular complexity index is 422. The van der Waals surface area contributed by atoms with Gasteiger partial charge in [0, 0.05) is 6.54 Å². The van der Waals surface area contributed by atoms with Gasteiger partial charge in [0.05, 0.1) is 0 Å². The fraction of sp³-hybridized carbons (Fsp3) is 0.966. The van der Waals surface area contributed by atoms with Gasteiger partial charge in [0.15, 0.2) is 0 Å². The van der Waals surface area contributed by atoms with Crippen molar-refractivity contribution in [3.05, 3.63) is 0 Å². The molecule has 0 aliphatic rings. The smallest absolute Gasteiger partial charge is 0.312 e. The Hall–Kier alpha value is -0.850. The summed E-state index contributed by atoms with van der Waals surface area (Å²) in [5, 5.41) is 6.18. The SMILES string of the molecule is CCCCCCCCCCCCCCCCCCN(CCCCNCCCN)CCCNC(N)=O. The molecule has 0 aromatic heterocycles. The standard InChI is InChI=1S/C29H63N5O/c1-2-3-4-5-6-7-8-9-10-11-12-13-14-15-16-18-26-34(28-21-25-33-29(31)35)27-19-17-23-32-24-20-22-30/h32H,2-28,30H2,1H3,(H3,31,33,35). The number of hydrogen-bond donors (Lipinski definition) is 4. The van der Waals surface area contributed by atoms with Crippen LogP contribution >= 0.6 is 0 Å². The minimum absolute atomic E-state index is 0.419. The molecule has 0 unspecified atom stereocenters. The van der Waals surface area contributed by atoms with E-state index in [9.17, 15) is 4.79 Å². The Morgan fingerprint density at radius 1 is 0.571 bits per heavy atom. The van der Waals surface area contributed by atoms with Crippen LogP contribution in [0.4, 0.5) is 4.79 Å². The Kier molecular flexibility index (Phi) is 28.7. The molecule has 6 N–H and O–H groups in total. The van der Waals surface area contributed by atoms with E-state index in [4.69, 9.17) is 11.5 Å².